The lowest BCUT2D eigenvalue weighted by Gasteiger charge is -2.52. The predicted molar refractivity (Wildman–Crippen MR) is 101 cm³/mol. The number of rotatable bonds is 6. The molecule has 2 aliphatic heterocycles. The second-order valence-corrected chi connectivity index (χ2v) is 9.72. The molecule has 1 aromatic rings. The Morgan fingerprint density at radius 1 is 1.37 bits per heavy atom. The van der Waals surface area contributed by atoms with Crippen LogP contribution in [0, 0.1) is 5.41 Å². The van der Waals surface area contributed by atoms with Gasteiger partial charge in [0.25, 0.3) is 0 Å². The number of likely N-dealkylation sites (tertiary alicyclic amines) is 1. The summed E-state index contributed by atoms with van der Waals surface area (Å²) in [5.74, 6) is 0.654. The van der Waals surface area contributed by atoms with Crippen LogP contribution in [0.3, 0.4) is 0 Å². The van der Waals surface area contributed by atoms with Crippen LogP contribution in [0.15, 0.2) is 6.33 Å². The topological polar surface area (TPSA) is 100 Å². The molecule has 2 aliphatic rings. The van der Waals surface area contributed by atoms with Crippen LogP contribution >= 0.6 is 0 Å². The monoisotopic (exact) mass is 398 g/mol. The van der Waals surface area contributed by atoms with E-state index in [2.05, 4.69) is 27.3 Å². The Balaban J connectivity index is 1.80. The summed E-state index contributed by atoms with van der Waals surface area (Å²) in [6.45, 7) is 5.03. The quantitative estimate of drug-likeness (QED) is 0.727. The molecule has 2 atom stereocenters. The third-order valence-electron chi connectivity index (χ3n) is 5.86. The molecule has 2 saturated heterocycles. The number of aryl methyl sites for hydroxylation is 1. The molecule has 0 aliphatic carbocycles. The number of hydrogen-bond acceptors (Lipinski definition) is 6. The van der Waals surface area contributed by atoms with Crippen molar-refractivity contribution in [1.82, 2.24) is 29.3 Å². The highest BCUT2D eigenvalue weighted by Gasteiger charge is 2.54. The third-order valence-corrected chi connectivity index (χ3v) is 7.15. The fourth-order valence-electron chi connectivity index (χ4n) is 4.44. The van der Waals surface area contributed by atoms with Gasteiger partial charge in [0.1, 0.15) is 6.33 Å². The van der Waals surface area contributed by atoms with Crippen LogP contribution < -0.4 is 5.32 Å². The molecule has 3 heterocycles. The van der Waals surface area contributed by atoms with E-state index in [0.29, 0.717) is 38.9 Å². The Morgan fingerprint density at radius 3 is 2.85 bits per heavy atom. The fraction of sp³-hybridized carbons (Fsp3) is 0.824. The van der Waals surface area contributed by atoms with E-state index in [1.165, 1.54) is 10.6 Å². The van der Waals surface area contributed by atoms with Gasteiger partial charge in [0.2, 0.25) is 15.9 Å². The number of amides is 1. The van der Waals surface area contributed by atoms with Crippen molar-refractivity contribution in [2.24, 2.45) is 5.41 Å². The zero-order chi connectivity index (χ0) is 19.7. The van der Waals surface area contributed by atoms with Crippen LogP contribution in [0.25, 0.3) is 0 Å². The Bertz CT molecular complexity index is 779. The molecule has 9 nitrogen and oxygen atoms in total. The molecule has 1 N–H and O–H groups in total. The van der Waals surface area contributed by atoms with E-state index in [-0.39, 0.29) is 11.9 Å². The van der Waals surface area contributed by atoms with Gasteiger partial charge in [-0.25, -0.2) is 8.42 Å². The summed E-state index contributed by atoms with van der Waals surface area (Å²) in [6.07, 6.45) is 5.95. The maximum absolute atomic E-state index is 13.3. The van der Waals surface area contributed by atoms with Crippen molar-refractivity contribution in [3.63, 3.8) is 0 Å². The van der Waals surface area contributed by atoms with Crippen LogP contribution in [0.4, 0.5) is 0 Å². The van der Waals surface area contributed by atoms with Crippen molar-refractivity contribution in [1.29, 1.82) is 0 Å². The molecule has 1 aromatic heterocycles. The number of carbonyl (C=O) groups is 1. The number of carbonyl (C=O) groups excluding carboxylic acids is 1. The highest BCUT2D eigenvalue weighted by molar-refractivity contribution is 7.88. The van der Waals surface area contributed by atoms with Crippen molar-refractivity contribution >= 4 is 15.9 Å². The second-order valence-electron chi connectivity index (χ2n) is 7.78. The lowest BCUT2D eigenvalue weighted by molar-refractivity contribution is -0.141. The molecular weight excluding hydrogens is 368 g/mol. The first-order chi connectivity index (χ1) is 12.8. The summed E-state index contributed by atoms with van der Waals surface area (Å²) in [7, 11) is -1.39. The molecule has 0 unspecified atom stereocenters. The first-order valence-electron chi connectivity index (χ1n) is 9.58. The lowest BCUT2D eigenvalue weighted by atomic mass is 9.68. The Labute approximate surface area is 161 Å². The van der Waals surface area contributed by atoms with E-state index in [4.69, 9.17) is 0 Å². The van der Waals surface area contributed by atoms with E-state index < -0.39 is 15.4 Å². The van der Waals surface area contributed by atoms with Crippen molar-refractivity contribution in [2.45, 2.75) is 51.7 Å². The van der Waals surface area contributed by atoms with Crippen LogP contribution in [0.5, 0.6) is 0 Å². The van der Waals surface area contributed by atoms with Gasteiger partial charge in [-0.3, -0.25) is 4.79 Å². The maximum Gasteiger partial charge on any atom is 0.228 e. The maximum atomic E-state index is 13.3. The number of fused-ring (bicyclic) bond motifs is 1. The first kappa shape index (κ1) is 20.2. The highest BCUT2D eigenvalue weighted by atomic mass is 32.2. The van der Waals surface area contributed by atoms with E-state index in [1.807, 2.05) is 11.6 Å². The number of piperidine rings is 2. The van der Waals surface area contributed by atoms with Crippen LogP contribution in [-0.2, 0) is 27.9 Å². The second kappa shape index (κ2) is 7.84. The zero-order valence-electron chi connectivity index (χ0n) is 16.4. The summed E-state index contributed by atoms with van der Waals surface area (Å²) < 4.78 is 28.1. The summed E-state index contributed by atoms with van der Waals surface area (Å²) in [6, 6.07) is -0.325. The minimum Gasteiger partial charge on any atom is -0.348 e. The zero-order valence-corrected chi connectivity index (χ0v) is 17.2. The minimum atomic E-state index is -3.36. The Morgan fingerprint density at radius 2 is 2.15 bits per heavy atom. The molecule has 3 rings (SSSR count). The predicted octanol–water partition coefficient (Wildman–Crippen LogP) is 0.0502. The summed E-state index contributed by atoms with van der Waals surface area (Å²) in [4.78, 5) is 15.4. The van der Waals surface area contributed by atoms with Gasteiger partial charge in [0, 0.05) is 19.6 Å². The van der Waals surface area contributed by atoms with Crippen molar-refractivity contribution < 1.29 is 13.2 Å². The van der Waals surface area contributed by atoms with Gasteiger partial charge in [0.15, 0.2) is 5.82 Å². The summed E-state index contributed by atoms with van der Waals surface area (Å²) in [5, 5.41) is 11.1. The van der Waals surface area contributed by atoms with Gasteiger partial charge in [-0.15, -0.1) is 10.2 Å². The smallest absolute Gasteiger partial charge is 0.228 e. The number of nitrogens with one attached hydrogen (secondary N) is 1. The van der Waals surface area contributed by atoms with Crippen LogP contribution in [-0.4, -0.2) is 77.3 Å². The summed E-state index contributed by atoms with van der Waals surface area (Å²) in [5.41, 5.74) is -0.677. The molecule has 152 valence electrons. The molecule has 0 saturated carbocycles. The van der Waals surface area contributed by atoms with E-state index in [9.17, 15) is 13.2 Å². The molecule has 2 fully saturated rings. The lowest BCUT2D eigenvalue weighted by Crippen LogP contribution is -2.66. The molecule has 10 heteroatoms. The van der Waals surface area contributed by atoms with E-state index in [1.54, 1.807) is 6.33 Å². The van der Waals surface area contributed by atoms with Crippen molar-refractivity contribution in [3.8, 4) is 0 Å². The van der Waals surface area contributed by atoms with Crippen molar-refractivity contribution in [2.75, 3.05) is 32.9 Å². The average Bonchev–Trinajstić information content (AvgIpc) is 3.05. The molecule has 1 amide bonds. The van der Waals surface area contributed by atoms with Gasteiger partial charge >= 0.3 is 0 Å². The van der Waals surface area contributed by atoms with E-state index >= 15 is 0 Å². The third kappa shape index (κ3) is 4.02. The molecule has 0 spiro atoms. The SMILES string of the molecule is CCCn1cnnc1CNC(=O)[C@@]12CCCN(S(C)(=O)=O)[C@@H]1CN(C)CC2. The standard InChI is InChI=1S/C17H30N6O3S/c1-4-8-22-13-19-20-15(22)11-18-16(24)17-6-5-9-23(27(3,25)26)14(17)12-21(2)10-7-17/h13-14H,4-12H2,1-3H3,(H,18,24)/t14-,17-/m1/s1. The number of nitrogens with zero attached hydrogens (tertiary/aromatic N) is 5. The molecule has 27 heavy (non-hydrogen) atoms. The van der Waals surface area contributed by atoms with Crippen molar-refractivity contribution in [3.05, 3.63) is 12.2 Å². The van der Waals surface area contributed by atoms with Gasteiger partial charge in [-0.2, -0.15) is 4.31 Å². The number of sulfonamides is 1. The largest absolute Gasteiger partial charge is 0.348 e. The van der Waals surface area contributed by atoms with Crippen LogP contribution in [0.2, 0.25) is 0 Å². The summed E-state index contributed by atoms with van der Waals surface area (Å²) >= 11 is 0. The van der Waals surface area contributed by atoms with Gasteiger partial charge in [-0.05, 0) is 39.3 Å². The number of aromatic nitrogens is 3. The molecule has 0 aromatic carbocycles. The number of hydrogen-bond donors (Lipinski definition) is 1. The Kier molecular flexibility index (Phi) is 5.87. The molecule has 0 radical (unpaired) electrons. The van der Waals surface area contributed by atoms with Gasteiger partial charge in [0.05, 0.1) is 24.3 Å². The first-order valence-corrected chi connectivity index (χ1v) is 11.4. The Hall–Kier alpha value is -1.52. The number of likely N-dealkylation sites (N-methyl/N-ethyl adjacent to an activating group) is 1. The normalized spacial score (nSPS) is 27.3. The fourth-order valence-corrected chi connectivity index (χ4v) is 5.63. The average molecular weight is 399 g/mol. The molecular formula is C17H30N6O3S. The van der Waals surface area contributed by atoms with Gasteiger partial charge < -0.3 is 14.8 Å². The van der Waals surface area contributed by atoms with E-state index in [0.717, 1.165) is 25.3 Å². The van der Waals surface area contributed by atoms with Gasteiger partial charge in [-0.1, -0.05) is 6.92 Å². The minimum absolute atomic E-state index is 0.0694. The molecule has 0 bridgehead atoms. The highest BCUT2D eigenvalue weighted by Crippen LogP contribution is 2.43. The van der Waals surface area contributed by atoms with Crippen LogP contribution in [0.1, 0.15) is 38.4 Å².